The van der Waals surface area contributed by atoms with E-state index in [1.165, 1.54) is 19.3 Å². The molecule has 0 unspecified atom stereocenters. The Morgan fingerprint density at radius 3 is 2.96 bits per heavy atom. The first-order valence-electron chi connectivity index (χ1n) is 8.99. The molecule has 4 atom stereocenters. The highest BCUT2D eigenvalue weighted by atomic mass is 16.1. The third-order valence-electron chi connectivity index (χ3n) is 5.51. The molecule has 1 aromatic heterocycles. The molecule has 1 heterocycles. The highest BCUT2D eigenvalue weighted by Crippen LogP contribution is 2.45. The topological polar surface area (TPSA) is 30.0 Å². The lowest BCUT2D eigenvalue weighted by Gasteiger charge is -2.34. The van der Waals surface area contributed by atoms with Crippen molar-refractivity contribution in [2.75, 3.05) is 0 Å². The van der Waals surface area contributed by atoms with Gasteiger partial charge < -0.3 is 0 Å². The summed E-state index contributed by atoms with van der Waals surface area (Å²) < 4.78 is 0. The van der Waals surface area contributed by atoms with E-state index in [4.69, 9.17) is 0 Å². The summed E-state index contributed by atoms with van der Waals surface area (Å²) in [5.41, 5.74) is 1.11. The van der Waals surface area contributed by atoms with Crippen LogP contribution in [-0.4, -0.2) is 10.8 Å². The van der Waals surface area contributed by atoms with E-state index in [9.17, 15) is 4.79 Å². The maximum Gasteiger partial charge on any atom is 0.133 e. The molecule has 23 heavy (non-hydrogen) atoms. The fraction of sp³-hybridized carbons (Fsp3) is 0.524. The SMILES string of the molecule is CC(=O)[C@H]1[C@@H]2CCC[C@@H]2C=C[C@H]1CC/C=C/Cc1ccccn1. The van der Waals surface area contributed by atoms with Gasteiger partial charge in [0.2, 0.25) is 0 Å². The van der Waals surface area contributed by atoms with Crippen LogP contribution in [-0.2, 0) is 11.2 Å². The minimum absolute atomic E-state index is 0.261. The number of carbonyl (C=O) groups excluding carboxylic acids is 1. The minimum Gasteiger partial charge on any atom is -0.300 e. The first-order valence-corrected chi connectivity index (χ1v) is 8.99. The number of ketones is 1. The highest BCUT2D eigenvalue weighted by molar-refractivity contribution is 5.79. The van der Waals surface area contributed by atoms with E-state index < -0.39 is 0 Å². The quantitative estimate of drug-likeness (QED) is 0.709. The second kappa shape index (κ2) is 7.72. The molecule has 1 aromatic rings. The van der Waals surface area contributed by atoms with Crippen molar-refractivity contribution in [1.29, 1.82) is 0 Å². The van der Waals surface area contributed by atoms with Gasteiger partial charge in [-0.1, -0.05) is 36.8 Å². The largest absolute Gasteiger partial charge is 0.300 e. The van der Waals surface area contributed by atoms with Crippen LogP contribution in [0.3, 0.4) is 0 Å². The molecule has 0 radical (unpaired) electrons. The van der Waals surface area contributed by atoms with Crippen molar-refractivity contribution in [2.45, 2.75) is 45.4 Å². The molecule has 1 fully saturated rings. The zero-order valence-corrected chi connectivity index (χ0v) is 14.0. The number of nitrogens with zero attached hydrogens (tertiary/aromatic N) is 1. The van der Waals surface area contributed by atoms with Crippen molar-refractivity contribution in [1.82, 2.24) is 4.98 Å². The average Bonchev–Trinajstić information content (AvgIpc) is 3.03. The van der Waals surface area contributed by atoms with Crippen molar-refractivity contribution in [3.05, 3.63) is 54.4 Å². The van der Waals surface area contributed by atoms with Crippen LogP contribution in [0, 0.1) is 23.7 Å². The summed E-state index contributed by atoms with van der Waals surface area (Å²) in [6, 6.07) is 6.03. The summed E-state index contributed by atoms with van der Waals surface area (Å²) in [6.07, 6.45) is 17.9. The molecular formula is C21H27NO. The van der Waals surface area contributed by atoms with E-state index in [0.717, 1.165) is 25.0 Å². The molecule has 122 valence electrons. The van der Waals surface area contributed by atoms with Gasteiger partial charge in [0.05, 0.1) is 0 Å². The van der Waals surface area contributed by atoms with Gasteiger partial charge in [0.25, 0.3) is 0 Å². The summed E-state index contributed by atoms with van der Waals surface area (Å²) in [7, 11) is 0. The second-order valence-corrected chi connectivity index (χ2v) is 7.02. The molecule has 0 aromatic carbocycles. The zero-order valence-electron chi connectivity index (χ0n) is 14.0. The van der Waals surface area contributed by atoms with Crippen LogP contribution in [0.4, 0.5) is 0 Å². The molecule has 1 saturated carbocycles. The van der Waals surface area contributed by atoms with E-state index in [1.807, 2.05) is 18.3 Å². The Kier molecular flexibility index (Phi) is 5.43. The molecule has 3 rings (SSSR count). The van der Waals surface area contributed by atoms with Crippen LogP contribution in [0.2, 0.25) is 0 Å². The smallest absolute Gasteiger partial charge is 0.133 e. The Labute approximate surface area is 139 Å². The van der Waals surface area contributed by atoms with Gasteiger partial charge in [-0.3, -0.25) is 9.78 Å². The van der Waals surface area contributed by atoms with E-state index in [1.54, 1.807) is 6.92 Å². The first-order chi connectivity index (χ1) is 11.3. The Hall–Kier alpha value is -1.70. The molecule has 0 amide bonds. The van der Waals surface area contributed by atoms with Gasteiger partial charge >= 0.3 is 0 Å². The summed E-state index contributed by atoms with van der Waals surface area (Å²) in [4.78, 5) is 16.5. The lowest BCUT2D eigenvalue weighted by molar-refractivity contribution is -0.124. The van der Waals surface area contributed by atoms with Crippen molar-refractivity contribution in [3.8, 4) is 0 Å². The number of aromatic nitrogens is 1. The molecule has 0 N–H and O–H groups in total. The number of fused-ring (bicyclic) bond motifs is 1. The van der Waals surface area contributed by atoms with Crippen LogP contribution in [0.5, 0.6) is 0 Å². The van der Waals surface area contributed by atoms with Crippen molar-refractivity contribution in [2.24, 2.45) is 23.7 Å². The Bertz CT molecular complexity index is 575. The van der Waals surface area contributed by atoms with E-state index in [-0.39, 0.29) is 5.92 Å². The number of rotatable bonds is 6. The van der Waals surface area contributed by atoms with E-state index in [0.29, 0.717) is 23.5 Å². The van der Waals surface area contributed by atoms with Crippen LogP contribution in [0.15, 0.2) is 48.7 Å². The number of pyridine rings is 1. The van der Waals surface area contributed by atoms with Crippen LogP contribution in [0.1, 0.15) is 44.7 Å². The van der Waals surface area contributed by atoms with Crippen LogP contribution >= 0.6 is 0 Å². The Morgan fingerprint density at radius 2 is 2.17 bits per heavy atom. The van der Waals surface area contributed by atoms with Crippen LogP contribution in [0.25, 0.3) is 0 Å². The summed E-state index contributed by atoms with van der Waals surface area (Å²) in [5, 5.41) is 0. The molecular weight excluding hydrogens is 282 g/mol. The fourth-order valence-corrected chi connectivity index (χ4v) is 4.43. The Balaban J connectivity index is 1.52. The predicted molar refractivity (Wildman–Crippen MR) is 93.9 cm³/mol. The zero-order chi connectivity index (χ0) is 16.1. The highest BCUT2D eigenvalue weighted by Gasteiger charge is 2.40. The lowest BCUT2D eigenvalue weighted by Crippen LogP contribution is -2.33. The number of Topliss-reactive ketones (excluding diaryl/α,β-unsaturated/α-hetero) is 1. The molecule has 2 aliphatic carbocycles. The minimum atomic E-state index is 0.261. The Morgan fingerprint density at radius 1 is 1.26 bits per heavy atom. The lowest BCUT2D eigenvalue weighted by atomic mass is 9.69. The van der Waals surface area contributed by atoms with Crippen molar-refractivity contribution < 1.29 is 4.79 Å². The predicted octanol–water partition coefficient (Wildman–Crippen LogP) is 4.77. The molecule has 2 heteroatoms. The second-order valence-electron chi connectivity index (χ2n) is 7.02. The normalized spacial score (nSPS) is 29.8. The van der Waals surface area contributed by atoms with Gasteiger partial charge in [-0.05, 0) is 62.5 Å². The van der Waals surface area contributed by atoms with Gasteiger partial charge in [-0.15, -0.1) is 0 Å². The standard InChI is InChI=1S/C21H27NO/c1-16(23)21-18(14-13-17-9-7-12-20(17)21)8-3-2-4-10-19-11-5-6-15-22-19/h2,4-6,11,13-15,17-18,20-21H,3,7-10,12H2,1H3/b4-2+/t17-,18-,20-,21-/m1/s1. The molecule has 0 aliphatic heterocycles. The summed E-state index contributed by atoms with van der Waals surface area (Å²) in [5.74, 6) is 2.37. The summed E-state index contributed by atoms with van der Waals surface area (Å²) >= 11 is 0. The molecule has 0 spiro atoms. The van der Waals surface area contributed by atoms with Crippen molar-refractivity contribution >= 4 is 5.78 Å². The summed E-state index contributed by atoms with van der Waals surface area (Å²) in [6.45, 7) is 1.79. The third-order valence-corrected chi connectivity index (χ3v) is 5.51. The van der Waals surface area contributed by atoms with Gasteiger partial charge in [-0.25, -0.2) is 0 Å². The van der Waals surface area contributed by atoms with Gasteiger partial charge in [0.15, 0.2) is 0 Å². The molecule has 2 aliphatic rings. The number of hydrogen-bond acceptors (Lipinski definition) is 2. The molecule has 2 nitrogen and oxygen atoms in total. The van der Waals surface area contributed by atoms with Crippen molar-refractivity contribution in [3.63, 3.8) is 0 Å². The van der Waals surface area contributed by atoms with Gasteiger partial charge in [0, 0.05) is 24.2 Å². The fourth-order valence-electron chi connectivity index (χ4n) is 4.43. The number of hydrogen-bond donors (Lipinski definition) is 0. The first kappa shape index (κ1) is 16.2. The van der Waals surface area contributed by atoms with E-state index >= 15 is 0 Å². The van der Waals surface area contributed by atoms with Gasteiger partial charge in [0.1, 0.15) is 5.78 Å². The third kappa shape index (κ3) is 3.99. The maximum absolute atomic E-state index is 12.2. The number of carbonyl (C=O) groups is 1. The molecule has 0 bridgehead atoms. The van der Waals surface area contributed by atoms with E-state index in [2.05, 4.69) is 35.4 Å². The maximum atomic E-state index is 12.2. The van der Waals surface area contributed by atoms with Crippen LogP contribution < -0.4 is 0 Å². The monoisotopic (exact) mass is 309 g/mol. The molecule has 0 saturated heterocycles. The number of allylic oxidation sites excluding steroid dienone is 4. The average molecular weight is 309 g/mol. The van der Waals surface area contributed by atoms with Gasteiger partial charge in [-0.2, -0.15) is 0 Å².